The summed E-state index contributed by atoms with van der Waals surface area (Å²) in [5.74, 6) is 0. The summed E-state index contributed by atoms with van der Waals surface area (Å²) in [7, 11) is 0. The van der Waals surface area contributed by atoms with Gasteiger partial charge in [0.15, 0.2) is 0 Å². The molecule has 3 rings (SSSR count). The molecule has 0 fully saturated rings. The van der Waals surface area contributed by atoms with Gasteiger partial charge in [0.25, 0.3) is 0 Å². The third-order valence-electron chi connectivity index (χ3n) is 2.72. The standard InChI is InChI=1S/C13H10N2O2/c1-8-6-11(15-14-8)10-7-9-4-2-3-5-12(9)17-13(10)16/h2-5,7H,6H2,1H3. The highest BCUT2D eigenvalue weighted by molar-refractivity contribution is 6.14. The maximum atomic E-state index is 11.8. The largest absolute Gasteiger partial charge is 0.422 e. The summed E-state index contributed by atoms with van der Waals surface area (Å²) in [6.07, 6.45) is 0.614. The number of nitrogens with zero attached hydrogens (tertiary/aromatic N) is 2. The zero-order chi connectivity index (χ0) is 11.8. The Balaban J connectivity index is 2.18. The van der Waals surface area contributed by atoms with E-state index in [-0.39, 0.29) is 5.63 Å². The van der Waals surface area contributed by atoms with Gasteiger partial charge in [0.2, 0.25) is 0 Å². The molecule has 0 atom stereocenters. The monoisotopic (exact) mass is 226 g/mol. The van der Waals surface area contributed by atoms with Crippen LogP contribution in [0.4, 0.5) is 0 Å². The first kappa shape index (κ1) is 9.96. The van der Waals surface area contributed by atoms with Crippen LogP contribution in [0.5, 0.6) is 0 Å². The van der Waals surface area contributed by atoms with Gasteiger partial charge in [0.1, 0.15) is 5.58 Å². The molecule has 2 aromatic rings. The first-order chi connectivity index (χ1) is 8.24. The molecule has 84 valence electrons. The van der Waals surface area contributed by atoms with Crippen molar-refractivity contribution in [3.63, 3.8) is 0 Å². The van der Waals surface area contributed by atoms with Crippen molar-refractivity contribution in [3.05, 3.63) is 46.3 Å². The molecule has 0 bridgehead atoms. The SMILES string of the molecule is CC1=NN=C(c2cc3ccccc3oc2=O)C1. The molecule has 0 radical (unpaired) electrons. The van der Waals surface area contributed by atoms with Gasteiger partial charge >= 0.3 is 5.63 Å². The minimum atomic E-state index is -0.354. The van der Waals surface area contributed by atoms with Gasteiger partial charge in [-0.3, -0.25) is 0 Å². The first-order valence-corrected chi connectivity index (χ1v) is 5.37. The van der Waals surface area contributed by atoms with Crippen LogP contribution in [0.3, 0.4) is 0 Å². The summed E-state index contributed by atoms with van der Waals surface area (Å²) in [5.41, 5.74) is 2.34. The van der Waals surface area contributed by atoms with Gasteiger partial charge in [-0.05, 0) is 19.1 Å². The molecule has 0 unspecified atom stereocenters. The Morgan fingerprint density at radius 1 is 1.24 bits per heavy atom. The van der Waals surface area contributed by atoms with E-state index in [4.69, 9.17) is 4.42 Å². The first-order valence-electron chi connectivity index (χ1n) is 5.37. The Hall–Kier alpha value is -2.23. The molecule has 1 aliphatic heterocycles. The molecular weight excluding hydrogens is 216 g/mol. The second-order valence-corrected chi connectivity index (χ2v) is 4.04. The average Bonchev–Trinajstić information content (AvgIpc) is 2.75. The van der Waals surface area contributed by atoms with Crippen molar-refractivity contribution in [2.24, 2.45) is 10.2 Å². The molecule has 0 amide bonds. The number of hydrogen-bond acceptors (Lipinski definition) is 4. The Kier molecular flexibility index (Phi) is 2.14. The van der Waals surface area contributed by atoms with Crippen LogP contribution in [0.15, 0.2) is 49.7 Å². The van der Waals surface area contributed by atoms with Gasteiger partial charge < -0.3 is 4.42 Å². The second kappa shape index (κ2) is 3.66. The molecule has 4 heteroatoms. The van der Waals surface area contributed by atoms with Gasteiger partial charge in [-0.2, -0.15) is 10.2 Å². The van der Waals surface area contributed by atoms with E-state index in [0.29, 0.717) is 23.3 Å². The summed E-state index contributed by atoms with van der Waals surface area (Å²) in [6.45, 7) is 1.89. The Labute approximate surface area is 97.3 Å². The number of hydrogen-bond donors (Lipinski definition) is 0. The summed E-state index contributed by atoms with van der Waals surface area (Å²) in [6, 6.07) is 9.24. The van der Waals surface area contributed by atoms with Crippen LogP contribution < -0.4 is 5.63 Å². The van der Waals surface area contributed by atoms with Gasteiger partial charge in [0.05, 0.1) is 11.3 Å². The highest BCUT2D eigenvalue weighted by Gasteiger charge is 2.16. The molecule has 2 heterocycles. The van der Waals surface area contributed by atoms with Crippen molar-refractivity contribution in [1.29, 1.82) is 0 Å². The summed E-state index contributed by atoms with van der Waals surface area (Å²) in [5, 5.41) is 8.84. The van der Waals surface area contributed by atoms with E-state index < -0.39 is 0 Å². The van der Waals surface area contributed by atoms with Crippen molar-refractivity contribution >= 4 is 22.4 Å². The third-order valence-corrected chi connectivity index (χ3v) is 2.72. The summed E-state index contributed by atoms with van der Waals surface area (Å²) < 4.78 is 5.25. The lowest BCUT2D eigenvalue weighted by Gasteiger charge is -2.00. The Bertz CT molecular complexity index is 711. The zero-order valence-electron chi connectivity index (χ0n) is 9.30. The molecule has 0 N–H and O–H groups in total. The highest BCUT2D eigenvalue weighted by Crippen LogP contribution is 2.15. The average molecular weight is 226 g/mol. The van der Waals surface area contributed by atoms with Gasteiger partial charge in [0, 0.05) is 17.5 Å². The van der Waals surface area contributed by atoms with Crippen molar-refractivity contribution in [2.75, 3.05) is 0 Å². The fraction of sp³-hybridized carbons (Fsp3) is 0.154. The van der Waals surface area contributed by atoms with Crippen molar-refractivity contribution < 1.29 is 4.42 Å². The van der Waals surface area contributed by atoms with E-state index in [9.17, 15) is 4.79 Å². The zero-order valence-corrected chi connectivity index (χ0v) is 9.30. The van der Waals surface area contributed by atoms with E-state index in [1.165, 1.54) is 0 Å². The second-order valence-electron chi connectivity index (χ2n) is 4.04. The van der Waals surface area contributed by atoms with Crippen molar-refractivity contribution in [3.8, 4) is 0 Å². The molecule has 1 aliphatic rings. The van der Waals surface area contributed by atoms with E-state index >= 15 is 0 Å². The van der Waals surface area contributed by atoms with Crippen LogP contribution in [0.2, 0.25) is 0 Å². The van der Waals surface area contributed by atoms with Crippen molar-refractivity contribution in [2.45, 2.75) is 13.3 Å². The molecule has 0 spiro atoms. The Morgan fingerprint density at radius 3 is 2.82 bits per heavy atom. The van der Waals surface area contributed by atoms with Crippen LogP contribution in [-0.4, -0.2) is 11.4 Å². The third kappa shape index (κ3) is 1.67. The minimum Gasteiger partial charge on any atom is -0.422 e. The van der Waals surface area contributed by atoms with E-state index in [0.717, 1.165) is 11.1 Å². The number of rotatable bonds is 1. The molecule has 0 saturated heterocycles. The predicted octanol–water partition coefficient (Wildman–Crippen LogP) is 2.36. The maximum absolute atomic E-state index is 11.8. The molecule has 0 saturated carbocycles. The summed E-state index contributed by atoms with van der Waals surface area (Å²) in [4.78, 5) is 11.8. The fourth-order valence-corrected chi connectivity index (χ4v) is 1.87. The van der Waals surface area contributed by atoms with Crippen LogP contribution >= 0.6 is 0 Å². The van der Waals surface area contributed by atoms with Gasteiger partial charge in [-0.15, -0.1) is 0 Å². The molecular formula is C13H10N2O2. The van der Waals surface area contributed by atoms with E-state index in [1.807, 2.05) is 31.2 Å². The lowest BCUT2D eigenvalue weighted by Crippen LogP contribution is -2.14. The van der Waals surface area contributed by atoms with Crippen LogP contribution in [0.1, 0.15) is 18.9 Å². The molecule has 0 aliphatic carbocycles. The molecule has 1 aromatic carbocycles. The Morgan fingerprint density at radius 2 is 2.06 bits per heavy atom. The van der Waals surface area contributed by atoms with Gasteiger partial charge in [-0.1, -0.05) is 18.2 Å². The van der Waals surface area contributed by atoms with Gasteiger partial charge in [-0.25, -0.2) is 4.79 Å². The van der Waals surface area contributed by atoms with Crippen LogP contribution in [0, 0.1) is 0 Å². The molecule has 17 heavy (non-hydrogen) atoms. The maximum Gasteiger partial charge on any atom is 0.345 e. The lowest BCUT2D eigenvalue weighted by atomic mass is 10.1. The number of para-hydroxylation sites is 1. The quantitative estimate of drug-likeness (QED) is 0.701. The van der Waals surface area contributed by atoms with Crippen LogP contribution in [-0.2, 0) is 0 Å². The smallest absolute Gasteiger partial charge is 0.345 e. The normalized spacial score (nSPS) is 14.9. The van der Waals surface area contributed by atoms with Crippen LogP contribution in [0.25, 0.3) is 11.0 Å². The van der Waals surface area contributed by atoms with E-state index in [2.05, 4.69) is 10.2 Å². The molecule has 1 aromatic heterocycles. The lowest BCUT2D eigenvalue weighted by molar-refractivity contribution is 0.559. The number of fused-ring (bicyclic) bond motifs is 1. The van der Waals surface area contributed by atoms with E-state index in [1.54, 1.807) is 6.07 Å². The molecule has 4 nitrogen and oxygen atoms in total. The summed E-state index contributed by atoms with van der Waals surface area (Å²) >= 11 is 0. The fourth-order valence-electron chi connectivity index (χ4n) is 1.87. The van der Waals surface area contributed by atoms with Crippen molar-refractivity contribution in [1.82, 2.24) is 0 Å². The topological polar surface area (TPSA) is 54.9 Å². The minimum absolute atomic E-state index is 0.354. The number of benzene rings is 1. The predicted molar refractivity (Wildman–Crippen MR) is 66.7 cm³/mol. The highest BCUT2D eigenvalue weighted by atomic mass is 16.4.